The van der Waals surface area contributed by atoms with E-state index in [0.29, 0.717) is 17.9 Å². The van der Waals surface area contributed by atoms with E-state index < -0.39 is 0 Å². The number of hydrogen-bond acceptors (Lipinski definition) is 5. The van der Waals surface area contributed by atoms with E-state index in [9.17, 15) is 4.79 Å². The number of aromatic nitrogens is 5. The predicted octanol–water partition coefficient (Wildman–Crippen LogP) is 4.76. The molecule has 7 heteroatoms. The van der Waals surface area contributed by atoms with Crippen LogP contribution in [0.5, 0.6) is 0 Å². The topological polar surface area (TPSA) is 85.1 Å². The van der Waals surface area contributed by atoms with Crippen molar-refractivity contribution in [1.29, 1.82) is 0 Å². The summed E-state index contributed by atoms with van der Waals surface area (Å²) in [4.78, 5) is 16.4. The van der Waals surface area contributed by atoms with Gasteiger partial charge in [-0.3, -0.25) is 9.78 Å². The van der Waals surface area contributed by atoms with Gasteiger partial charge in [0, 0.05) is 35.6 Å². The molecule has 0 spiro atoms. The molecule has 4 aromatic rings. The van der Waals surface area contributed by atoms with Crippen molar-refractivity contribution >= 4 is 17.2 Å². The maximum Gasteiger partial charge on any atom is 0.224 e. The molecule has 1 aliphatic rings. The third kappa shape index (κ3) is 4.30. The van der Waals surface area contributed by atoms with Crippen LogP contribution in [0.25, 0.3) is 28.3 Å². The second kappa shape index (κ2) is 8.63. The molecule has 5 rings (SSSR count). The summed E-state index contributed by atoms with van der Waals surface area (Å²) >= 11 is 0. The van der Waals surface area contributed by atoms with E-state index in [1.165, 1.54) is 25.7 Å². The number of amides is 1. The molecule has 7 nitrogen and oxygen atoms in total. The minimum atomic E-state index is 0.0878. The molecule has 1 fully saturated rings. The van der Waals surface area contributed by atoms with E-state index in [1.807, 2.05) is 48.5 Å². The lowest BCUT2D eigenvalue weighted by atomic mass is 10.0. The number of pyridine rings is 1. The van der Waals surface area contributed by atoms with Gasteiger partial charge in [0.15, 0.2) is 11.5 Å². The Bertz CT molecular complexity index is 1180. The SMILES string of the molecule is O=C(CCC1CCCC1)Nc1ccc(-c2ccc3nnc(-c4cccnc4)n3n2)cc1. The van der Waals surface area contributed by atoms with Gasteiger partial charge in [-0.15, -0.1) is 10.2 Å². The summed E-state index contributed by atoms with van der Waals surface area (Å²) in [6.07, 6.45) is 10.2. The van der Waals surface area contributed by atoms with Crippen LogP contribution < -0.4 is 5.32 Å². The first kappa shape index (κ1) is 19.4. The van der Waals surface area contributed by atoms with Gasteiger partial charge in [0.1, 0.15) is 0 Å². The van der Waals surface area contributed by atoms with Crippen LogP contribution in [0.15, 0.2) is 60.9 Å². The molecule has 156 valence electrons. The van der Waals surface area contributed by atoms with Gasteiger partial charge < -0.3 is 5.32 Å². The first-order chi connectivity index (χ1) is 15.3. The number of hydrogen-bond donors (Lipinski definition) is 1. The highest BCUT2D eigenvalue weighted by Gasteiger charge is 2.16. The summed E-state index contributed by atoms with van der Waals surface area (Å²) in [5.74, 6) is 1.46. The largest absolute Gasteiger partial charge is 0.326 e. The zero-order valence-electron chi connectivity index (χ0n) is 17.2. The molecule has 1 amide bonds. The number of rotatable bonds is 6. The van der Waals surface area contributed by atoms with Crippen LogP contribution in [-0.4, -0.2) is 30.7 Å². The third-order valence-electron chi connectivity index (χ3n) is 5.90. The molecule has 1 aliphatic carbocycles. The Morgan fingerprint density at radius 3 is 2.61 bits per heavy atom. The number of fused-ring (bicyclic) bond motifs is 1. The van der Waals surface area contributed by atoms with Gasteiger partial charge in [0.2, 0.25) is 5.91 Å². The Kier molecular flexibility index (Phi) is 5.39. The fraction of sp³-hybridized carbons (Fsp3) is 0.292. The van der Waals surface area contributed by atoms with Crippen molar-refractivity contribution in [2.24, 2.45) is 5.92 Å². The van der Waals surface area contributed by atoms with Crippen LogP contribution in [0.3, 0.4) is 0 Å². The van der Waals surface area contributed by atoms with Crippen LogP contribution in [0.2, 0.25) is 0 Å². The van der Waals surface area contributed by atoms with Crippen molar-refractivity contribution in [2.45, 2.75) is 38.5 Å². The molecule has 1 saturated carbocycles. The standard InChI is InChI=1S/C24H24N6O/c31-23(14-7-17-4-1-2-5-17)26-20-10-8-18(9-11-20)21-12-13-22-27-28-24(30(22)29-21)19-6-3-15-25-16-19/h3,6,8-13,15-17H,1-2,4-5,7,14H2,(H,26,31). The molecule has 0 saturated heterocycles. The van der Waals surface area contributed by atoms with E-state index in [4.69, 9.17) is 5.10 Å². The van der Waals surface area contributed by atoms with Gasteiger partial charge in [-0.05, 0) is 48.7 Å². The lowest BCUT2D eigenvalue weighted by Crippen LogP contribution is -2.12. The average Bonchev–Trinajstić information content (AvgIpc) is 3.48. The van der Waals surface area contributed by atoms with E-state index in [-0.39, 0.29) is 5.91 Å². The monoisotopic (exact) mass is 412 g/mol. The lowest BCUT2D eigenvalue weighted by molar-refractivity contribution is -0.116. The van der Waals surface area contributed by atoms with Gasteiger partial charge in [-0.25, -0.2) is 0 Å². The minimum Gasteiger partial charge on any atom is -0.326 e. The number of carbonyl (C=O) groups excluding carboxylic acids is 1. The Morgan fingerprint density at radius 1 is 1.00 bits per heavy atom. The number of benzene rings is 1. The molecule has 0 atom stereocenters. The van der Waals surface area contributed by atoms with Crippen molar-refractivity contribution in [3.63, 3.8) is 0 Å². The fourth-order valence-corrected chi connectivity index (χ4v) is 4.20. The van der Waals surface area contributed by atoms with Gasteiger partial charge in [0.25, 0.3) is 0 Å². The number of anilines is 1. The van der Waals surface area contributed by atoms with E-state index in [1.54, 1.807) is 16.9 Å². The van der Waals surface area contributed by atoms with Crippen molar-refractivity contribution in [1.82, 2.24) is 24.8 Å². The number of nitrogens with zero attached hydrogens (tertiary/aromatic N) is 5. The van der Waals surface area contributed by atoms with Gasteiger partial charge in [-0.2, -0.15) is 9.61 Å². The van der Waals surface area contributed by atoms with Crippen LogP contribution in [-0.2, 0) is 4.79 Å². The number of carbonyl (C=O) groups is 1. The lowest BCUT2D eigenvalue weighted by Gasteiger charge is -2.10. The van der Waals surface area contributed by atoms with Gasteiger partial charge >= 0.3 is 0 Å². The van der Waals surface area contributed by atoms with Crippen LogP contribution in [0, 0.1) is 5.92 Å². The Hall–Kier alpha value is -3.61. The molecule has 1 N–H and O–H groups in total. The molecule has 31 heavy (non-hydrogen) atoms. The fourth-order valence-electron chi connectivity index (χ4n) is 4.20. The minimum absolute atomic E-state index is 0.0878. The van der Waals surface area contributed by atoms with Crippen LogP contribution >= 0.6 is 0 Å². The zero-order chi connectivity index (χ0) is 21.0. The molecular formula is C24H24N6O. The van der Waals surface area contributed by atoms with Crippen molar-refractivity contribution in [3.8, 4) is 22.6 Å². The first-order valence-electron chi connectivity index (χ1n) is 10.8. The molecule has 0 unspecified atom stereocenters. The van der Waals surface area contributed by atoms with Crippen molar-refractivity contribution in [3.05, 3.63) is 60.9 Å². The van der Waals surface area contributed by atoms with Crippen LogP contribution in [0.1, 0.15) is 38.5 Å². The summed E-state index contributed by atoms with van der Waals surface area (Å²) in [5.41, 5.74) is 4.10. The summed E-state index contributed by atoms with van der Waals surface area (Å²) in [5, 5.41) is 16.2. The average molecular weight is 412 g/mol. The smallest absolute Gasteiger partial charge is 0.224 e. The Balaban J connectivity index is 1.30. The first-order valence-corrected chi connectivity index (χ1v) is 10.8. The molecule has 0 aliphatic heterocycles. The van der Waals surface area contributed by atoms with E-state index in [2.05, 4.69) is 20.5 Å². The highest BCUT2D eigenvalue weighted by Crippen LogP contribution is 2.28. The third-order valence-corrected chi connectivity index (χ3v) is 5.90. The summed E-state index contributed by atoms with van der Waals surface area (Å²) in [7, 11) is 0. The zero-order valence-corrected chi connectivity index (χ0v) is 17.2. The Labute approximate surface area is 180 Å². The second-order valence-electron chi connectivity index (χ2n) is 8.07. The van der Waals surface area contributed by atoms with E-state index >= 15 is 0 Å². The molecule has 0 bridgehead atoms. The quantitative estimate of drug-likeness (QED) is 0.493. The summed E-state index contributed by atoms with van der Waals surface area (Å²) in [6.45, 7) is 0. The molecular weight excluding hydrogens is 388 g/mol. The molecule has 3 aromatic heterocycles. The van der Waals surface area contributed by atoms with Crippen molar-refractivity contribution < 1.29 is 4.79 Å². The Morgan fingerprint density at radius 2 is 1.84 bits per heavy atom. The maximum atomic E-state index is 12.3. The molecule has 3 heterocycles. The molecule has 0 radical (unpaired) electrons. The van der Waals surface area contributed by atoms with Gasteiger partial charge in [-0.1, -0.05) is 37.8 Å². The van der Waals surface area contributed by atoms with Crippen molar-refractivity contribution in [2.75, 3.05) is 5.32 Å². The van der Waals surface area contributed by atoms with Gasteiger partial charge in [0.05, 0.1) is 5.69 Å². The van der Waals surface area contributed by atoms with Crippen LogP contribution in [0.4, 0.5) is 5.69 Å². The maximum absolute atomic E-state index is 12.3. The summed E-state index contributed by atoms with van der Waals surface area (Å²) in [6, 6.07) is 15.4. The normalized spacial score (nSPS) is 14.2. The highest BCUT2D eigenvalue weighted by atomic mass is 16.1. The van der Waals surface area contributed by atoms with E-state index in [0.717, 1.165) is 34.8 Å². The summed E-state index contributed by atoms with van der Waals surface area (Å²) < 4.78 is 1.73. The highest BCUT2D eigenvalue weighted by molar-refractivity contribution is 5.90. The second-order valence-corrected chi connectivity index (χ2v) is 8.07. The predicted molar refractivity (Wildman–Crippen MR) is 119 cm³/mol. The molecule has 1 aromatic carbocycles. The number of nitrogens with one attached hydrogen (secondary N) is 1.